The van der Waals surface area contributed by atoms with Gasteiger partial charge >= 0.3 is 0 Å². The Balaban J connectivity index is 2.21. The second kappa shape index (κ2) is 5.52. The second-order valence-corrected chi connectivity index (χ2v) is 4.05. The van der Waals surface area contributed by atoms with Gasteiger partial charge in [0.2, 0.25) is 0 Å². The fourth-order valence-electron chi connectivity index (χ4n) is 1.62. The van der Waals surface area contributed by atoms with Crippen molar-refractivity contribution in [2.45, 2.75) is 6.92 Å². The van der Waals surface area contributed by atoms with Crippen molar-refractivity contribution in [2.75, 3.05) is 0 Å². The van der Waals surface area contributed by atoms with Crippen LogP contribution in [0.25, 0.3) is 6.08 Å². The van der Waals surface area contributed by atoms with E-state index in [9.17, 15) is 13.6 Å². The summed E-state index contributed by atoms with van der Waals surface area (Å²) in [6.45, 7) is 1.83. The van der Waals surface area contributed by atoms with Gasteiger partial charge in [-0.05, 0) is 42.8 Å². The first-order chi connectivity index (χ1) is 9.06. The van der Waals surface area contributed by atoms with E-state index in [2.05, 4.69) is 4.98 Å². The molecule has 1 aromatic heterocycles. The van der Waals surface area contributed by atoms with E-state index < -0.39 is 17.4 Å². The summed E-state index contributed by atoms with van der Waals surface area (Å²) in [7, 11) is 0. The van der Waals surface area contributed by atoms with Crippen LogP contribution >= 0.6 is 0 Å². The summed E-state index contributed by atoms with van der Waals surface area (Å²) >= 11 is 0. The molecule has 0 aliphatic heterocycles. The molecular weight excluding hydrogens is 248 g/mol. The number of allylic oxidation sites excluding steroid dienone is 1. The Morgan fingerprint density at radius 3 is 2.68 bits per heavy atom. The number of benzene rings is 1. The van der Waals surface area contributed by atoms with Crippen LogP contribution in [0.3, 0.4) is 0 Å². The lowest BCUT2D eigenvalue weighted by molar-refractivity contribution is 0.104. The molecule has 0 atom stereocenters. The standard InChI is InChI=1S/C15H11F2NO/c1-10-8-11(6-7-18-10)2-5-15(19)13-4-3-12(16)9-14(13)17/h2-9H,1H3/b5-2+. The normalized spacial score (nSPS) is 10.9. The number of aryl methyl sites for hydroxylation is 1. The van der Waals surface area contributed by atoms with Crippen molar-refractivity contribution in [1.82, 2.24) is 4.98 Å². The minimum atomic E-state index is -0.861. The van der Waals surface area contributed by atoms with Gasteiger partial charge in [-0.15, -0.1) is 0 Å². The predicted octanol–water partition coefficient (Wildman–Crippen LogP) is 3.56. The summed E-state index contributed by atoms with van der Waals surface area (Å²) in [4.78, 5) is 15.8. The van der Waals surface area contributed by atoms with Gasteiger partial charge in [0.15, 0.2) is 5.78 Å². The first kappa shape index (κ1) is 13.1. The molecule has 0 unspecified atom stereocenters. The number of hydrogen-bond donors (Lipinski definition) is 0. The molecule has 19 heavy (non-hydrogen) atoms. The topological polar surface area (TPSA) is 30.0 Å². The largest absolute Gasteiger partial charge is 0.289 e. The monoisotopic (exact) mass is 259 g/mol. The van der Waals surface area contributed by atoms with E-state index >= 15 is 0 Å². The third kappa shape index (κ3) is 3.31. The number of carbonyl (C=O) groups excluding carboxylic acids is 1. The molecule has 2 rings (SSSR count). The Morgan fingerprint density at radius 2 is 2.00 bits per heavy atom. The van der Waals surface area contributed by atoms with Gasteiger partial charge in [0.25, 0.3) is 0 Å². The molecule has 0 aliphatic carbocycles. The van der Waals surface area contributed by atoms with E-state index in [1.54, 1.807) is 24.4 Å². The number of pyridine rings is 1. The molecule has 0 saturated heterocycles. The van der Waals surface area contributed by atoms with Crippen molar-refractivity contribution in [3.05, 3.63) is 71.1 Å². The minimum Gasteiger partial charge on any atom is -0.289 e. The first-order valence-corrected chi connectivity index (χ1v) is 5.66. The van der Waals surface area contributed by atoms with Crippen LogP contribution in [0.4, 0.5) is 8.78 Å². The van der Waals surface area contributed by atoms with Crippen LogP contribution in [-0.2, 0) is 0 Å². The number of halogens is 2. The van der Waals surface area contributed by atoms with Gasteiger partial charge in [0, 0.05) is 18.0 Å². The third-order valence-electron chi connectivity index (χ3n) is 2.54. The molecule has 2 nitrogen and oxygen atoms in total. The highest BCUT2D eigenvalue weighted by Gasteiger charge is 2.09. The Labute approximate surface area is 109 Å². The molecule has 0 bridgehead atoms. The average molecular weight is 259 g/mol. The van der Waals surface area contributed by atoms with Crippen LogP contribution in [-0.4, -0.2) is 10.8 Å². The van der Waals surface area contributed by atoms with Crippen LogP contribution in [0.15, 0.2) is 42.6 Å². The fourth-order valence-corrected chi connectivity index (χ4v) is 1.62. The highest BCUT2D eigenvalue weighted by atomic mass is 19.1. The summed E-state index contributed by atoms with van der Waals surface area (Å²) < 4.78 is 26.1. The molecule has 0 spiro atoms. The summed E-state index contributed by atoms with van der Waals surface area (Å²) in [5.74, 6) is -2.07. The minimum absolute atomic E-state index is 0.150. The molecule has 0 saturated carbocycles. The van der Waals surface area contributed by atoms with Crippen LogP contribution in [0.1, 0.15) is 21.6 Å². The second-order valence-electron chi connectivity index (χ2n) is 4.05. The van der Waals surface area contributed by atoms with Crippen LogP contribution < -0.4 is 0 Å². The quantitative estimate of drug-likeness (QED) is 0.623. The Morgan fingerprint density at radius 1 is 1.21 bits per heavy atom. The van der Waals surface area contributed by atoms with E-state index in [1.807, 2.05) is 6.92 Å². The van der Waals surface area contributed by atoms with Gasteiger partial charge < -0.3 is 0 Å². The molecule has 0 N–H and O–H groups in total. The van der Waals surface area contributed by atoms with Gasteiger partial charge in [-0.2, -0.15) is 0 Å². The zero-order valence-corrected chi connectivity index (χ0v) is 10.2. The molecule has 0 radical (unpaired) electrons. The van der Waals surface area contributed by atoms with Crippen molar-refractivity contribution in [3.8, 4) is 0 Å². The zero-order chi connectivity index (χ0) is 13.8. The molecule has 96 valence electrons. The number of aromatic nitrogens is 1. The number of nitrogens with zero attached hydrogens (tertiary/aromatic N) is 1. The molecule has 0 fully saturated rings. The average Bonchev–Trinajstić information content (AvgIpc) is 2.36. The van der Waals surface area contributed by atoms with Crippen molar-refractivity contribution in [3.63, 3.8) is 0 Å². The maximum absolute atomic E-state index is 13.4. The van der Waals surface area contributed by atoms with Gasteiger partial charge in [0.1, 0.15) is 11.6 Å². The molecule has 1 aromatic carbocycles. The molecule has 0 amide bonds. The van der Waals surface area contributed by atoms with E-state index in [0.29, 0.717) is 6.07 Å². The summed E-state index contributed by atoms with van der Waals surface area (Å²) in [6.07, 6.45) is 4.45. The van der Waals surface area contributed by atoms with E-state index in [4.69, 9.17) is 0 Å². The van der Waals surface area contributed by atoms with Crippen molar-refractivity contribution >= 4 is 11.9 Å². The molecule has 4 heteroatoms. The van der Waals surface area contributed by atoms with Crippen molar-refractivity contribution in [1.29, 1.82) is 0 Å². The number of rotatable bonds is 3. The summed E-state index contributed by atoms with van der Waals surface area (Å²) in [6, 6.07) is 6.41. The molecular formula is C15H11F2NO. The molecule has 1 heterocycles. The maximum atomic E-state index is 13.4. The lowest BCUT2D eigenvalue weighted by atomic mass is 10.1. The van der Waals surface area contributed by atoms with Crippen LogP contribution in [0.2, 0.25) is 0 Å². The Kier molecular flexibility index (Phi) is 3.80. The van der Waals surface area contributed by atoms with E-state index in [0.717, 1.165) is 23.4 Å². The smallest absolute Gasteiger partial charge is 0.188 e. The zero-order valence-electron chi connectivity index (χ0n) is 10.2. The summed E-state index contributed by atoms with van der Waals surface area (Å²) in [5.41, 5.74) is 1.47. The lowest BCUT2D eigenvalue weighted by Gasteiger charge is -1.99. The van der Waals surface area contributed by atoms with E-state index in [-0.39, 0.29) is 5.56 Å². The Bertz CT molecular complexity index is 650. The van der Waals surface area contributed by atoms with Gasteiger partial charge in [-0.1, -0.05) is 6.08 Å². The fraction of sp³-hybridized carbons (Fsp3) is 0.0667. The van der Waals surface area contributed by atoms with Gasteiger partial charge in [-0.3, -0.25) is 9.78 Å². The maximum Gasteiger partial charge on any atom is 0.188 e. The summed E-state index contributed by atoms with van der Waals surface area (Å²) in [5, 5.41) is 0. The van der Waals surface area contributed by atoms with Crippen LogP contribution in [0, 0.1) is 18.6 Å². The highest BCUT2D eigenvalue weighted by Crippen LogP contribution is 2.12. The molecule has 0 aliphatic rings. The highest BCUT2D eigenvalue weighted by molar-refractivity contribution is 6.06. The van der Waals surface area contributed by atoms with Crippen LogP contribution in [0.5, 0.6) is 0 Å². The number of carbonyl (C=O) groups is 1. The predicted molar refractivity (Wildman–Crippen MR) is 68.7 cm³/mol. The number of ketones is 1. The van der Waals surface area contributed by atoms with E-state index in [1.165, 1.54) is 6.08 Å². The number of hydrogen-bond acceptors (Lipinski definition) is 2. The Hall–Kier alpha value is -2.36. The molecule has 2 aromatic rings. The lowest BCUT2D eigenvalue weighted by Crippen LogP contribution is -1.99. The van der Waals surface area contributed by atoms with Gasteiger partial charge in [-0.25, -0.2) is 8.78 Å². The van der Waals surface area contributed by atoms with Crippen molar-refractivity contribution < 1.29 is 13.6 Å². The third-order valence-corrected chi connectivity index (χ3v) is 2.54. The van der Waals surface area contributed by atoms with Crippen molar-refractivity contribution in [2.24, 2.45) is 0 Å². The first-order valence-electron chi connectivity index (χ1n) is 5.66. The SMILES string of the molecule is Cc1cc(/C=C/C(=O)c2ccc(F)cc2F)ccn1. The van der Waals surface area contributed by atoms with Gasteiger partial charge in [0.05, 0.1) is 5.56 Å².